The smallest absolute Gasteiger partial charge is 0.140 e. The van der Waals surface area contributed by atoms with Crippen LogP contribution in [0.25, 0.3) is 0 Å². The minimum absolute atomic E-state index is 0.00171. The zero-order chi connectivity index (χ0) is 10.7. The lowest BCUT2D eigenvalue weighted by molar-refractivity contribution is -0.128. The van der Waals surface area contributed by atoms with Crippen molar-refractivity contribution in [2.24, 2.45) is 23.5 Å². The van der Waals surface area contributed by atoms with E-state index in [0.717, 1.165) is 18.8 Å². The molecule has 1 saturated carbocycles. The van der Waals surface area contributed by atoms with Crippen LogP contribution in [0.15, 0.2) is 0 Å². The van der Waals surface area contributed by atoms with Crippen molar-refractivity contribution in [2.45, 2.75) is 52.5 Å². The largest absolute Gasteiger partial charge is 0.327 e. The number of carbonyl (C=O) groups is 1. The average molecular weight is 197 g/mol. The normalized spacial score (nSPS) is 32.3. The fourth-order valence-electron chi connectivity index (χ4n) is 2.18. The van der Waals surface area contributed by atoms with E-state index in [4.69, 9.17) is 5.73 Å². The lowest BCUT2D eigenvalue weighted by atomic mass is 9.77. The van der Waals surface area contributed by atoms with Crippen LogP contribution >= 0.6 is 0 Å². The Labute approximate surface area is 87.2 Å². The number of carbonyl (C=O) groups excluding carboxylic acids is 1. The van der Waals surface area contributed by atoms with Gasteiger partial charge in [0.25, 0.3) is 0 Å². The van der Waals surface area contributed by atoms with E-state index >= 15 is 0 Å². The molecule has 2 nitrogen and oxygen atoms in total. The number of ketones is 1. The Kier molecular flexibility index (Phi) is 4.11. The Morgan fingerprint density at radius 1 is 1.21 bits per heavy atom. The van der Waals surface area contributed by atoms with Crippen LogP contribution in [0.4, 0.5) is 0 Å². The molecule has 0 spiro atoms. The van der Waals surface area contributed by atoms with Crippen molar-refractivity contribution in [2.75, 3.05) is 0 Å². The summed E-state index contributed by atoms with van der Waals surface area (Å²) in [6, 6.07) is 0.00171. The van der Waals surface area contributed by atoms with Crippen LogP contribution in [0.5, 0.6) is 0 Å². The van der Waals surface area contributed by atoms with E-state index in [2.05, 4.69) is 6.92 Å². The van der Waals surface area contributed by atoms with Gasteiger partial charge >= 0.3 is 0 Å². The topological polar surface area (TPSA) is 43.1 Å². The Morgan fingerprint density at radius 2 is 1.71 bits per heavy atom. The molecule has 0 bridgehead atoms. The molecule has 0 saturated heterocycles. The van der Waals surface area contributed by atoms with Crippen LogP contribution < -0.4 is 5.73 Å². The average Bonchev–Trinajstić information content (AvgIpc) is 2.16. The molecule has 1 rings (SSSR count). The molecule has 2 atom stereocenters. The maximum Gasteiger partial charge on any atom is 0.140 e. The second-order valence-corrected chi connectivity index (χ2v) is 5.01. The Morgan fingerprint density at radius 3 is 2.14 bits per heavy atom. The molecule has 0 heterocycles. The summed E-state index contributed by atoms with van der Waals surface area (Å²) in [5.41, 5.74) is 5.75. The first-order chi connectivity index (χ1) is 6.52. The van der Waals surface area contributed by atoms with E-state index in [1.807, 2.05) is 13.8 Å². The summed E-state index contributed by atoms with van der Waals surface area (Å²) < 4.78 is 0. The van der Waals surface area contributed by atoms with E-state index in [1.165, 1.54) is 12.8 Å². The van der Waals surface area contributed by atoms with Gasteiger partial charge in [-0.3, -0.25) is 4.79 Å². The first-order valence-corrected chi connectivity index (χ1v) is 5.81. The highest BCUT2D eigenvalue weighted by Gasteiger charge is 2.28. The molecule has 2 heteroatoms. The molecular weight excluding hydrogens is 174 g/mol. The van der Waals surface area contributed by atoms with Crippen molar-refractivity contribution in [1.82, 2.24) is 0 Å². The zero-order valence-corrected chi connectivity index (χ0v) is 9.62. The van der Waals surface area contributed by atoms with Crippen molar-refractivity contribution in [1.29, 1.82) is 0 Å². The highest BCUT2D eigenvalue weighted by atomic mass is 16.1. The molecule has 0 amide bonds. The molecule has 14 heavy (non-hydrogen) atoms. The molecule has 0 aliphatic heterocycles. The van der Waals surface area contributed by atoms with Crippen molar-refractivity contribution in [3.63, 3.8) is 0 Å². The van der Waals surface area contributed by atoms with Gasteiger partial charge in [-0.1, -0.05) is 26.7 Å². The first-order valence-electron chi connectivity index (χ1n) is 5.81. The third kappa shape index (κ3) is 2.81. The molecule has 0 aromatic heterocycles. The molecule has 1 aliphatic carbocycles. The zero-order valence-electron chi connectivity index (χ0n) is 9.62. The lowest BCUT2D eigenvalue weighted by Gasteiger charge is -2.28. The fourth-order valence-corrected chi connectivity index (χ4v) is 2.18. The summed E-state index contributed by atoms with van der Waals surface area (Å²) in [7, 11) is 0. The minimum Gasteiger partial charge on any atom is -0.327 e. The number of rotatable bonds is 3. The van der Waals surface area contributed by atoms with E-state index < -0.39 is 0 Å². The predicted molar refractivity (Wildman–Crippen MR) is 58.9 cm³/mol. The van der Waals surface area contributed by atoms with Gasteiger partial charge in [-0.05, 0) is 25.7 Å². The van der Waals surface area contributed by atoms with Gasteiger partial charge in [0.15, 0.2) is 0 Å². The van der Waals surface area contributed by atoms with E-state index in [1.54, 1.807) is 0 Å². The molecule has 82 valence electrons. The van der Waals surface area contributed by atoms with Gasteiger partial charge in [-0.2, -0.15) is 0 Å². The van der Waals surface area contributed by atoms with Gasteiger partial charge in [-0.25, -0.2) is 0 Å². The maximum absolute atomic E-state index is 12.0. The minimum atomic E-state index is 0.00171. The van der Waals surface area contributed by atoms with Crippen LogP contribution in [0.1, 0.15) is 46.5 Å². The highest BCUT2D eigenvalue weighted by Crippen LogP contribution is 2.30. The number of hydrogen-bond donors (Lipinski definition) is 1. The van der Waals surface area contributed by atoms with Crippen LogP contribution in [-0.2, 0) is 4.79 Å². The molecule has 1 aliphatic rings. The fraction of sp³-hybridized carbons (Fsp3) is 0.917. The molecule has 0 radical (unpaired) electrons. The van der Waals surface area contributed by atoms with E-state index in [9.17, 15) is 4.79 Å². The van der Waals surface area contributed by atoms with Crippen molar-refractivity contribution in [3.05, 3.63) is 0 Å². The molecule has 1 fully saturated rings. The third-order valence-corrected chi connectivity index (χ3v) is 3.66. The molecule has 0 aromatic rings. The van der Waals surface area contributed by atoms with Gasteiger partial charge in [-0.15, -0.1) is 0 Å². The molecule has 2 unspecified atom stereocenters. The van der Waals surface area contributed by atoms with Crippen LogP contribution in [0.3, 0.4) is 0 Å². The molecule has 2 N–H and O–H groups in total. The van der Waals surface area contributed by atoms with E-state index in [-0.39, 0.29) is 12.0 Å². The van der Waals surface area contributed by atoms with Crippen LogP contribution in [0, 0.1) is 17.8 Å². The summed E-state index contributed by atoms with van der Waals surface area (Å²) in [6.07, 6.45) is 4.58. The molecular formula is C12H23NO. The van der Waals surface area contributed by atoms with Crippen LogP contribution in [-0.4, -0.2) is 11.8 Å². The number of nitrogens with two attached hydrogens (primary N) is 1. The Hall–Kier alpha value is -0.370. The highest BCUT2D eigenvalue weighted by molar-refractivity contribution is 5.83. The third-order valence-electron chi connectivity index (χ3n) is 3.66. The maximum atomic E-state index is 12.0. The summed E-state index contributed by atoms with van der Waals surface area (Å²) in [4.78, 5) is 12.0. The predicted octanol–water partition coefficient (Wildman–Crippen LogP) is 2.37. The second-order valence-electron chi connectivity index (χ2n) is 5.01. The van der Waals surface area contributed by atoms with Gasteiger partial charge in [0.05, 0.1) is 0 Å². The van der Waals surface area contributed by atoms with Crippen molar-refractivity contribution < 1.29 is 4.79 Å². The quantitative estimate of drug-likeness (QED) is 0.754. The summed E-state index contributed by atoms with van der Waals surface area (Å²) in [6.45, 7) is 6.16. The van der Waals surface area contributed by atoms with Crippen molar-refractivity contribution in [3.8, 4) is 0 Å². The standard InChI is InChI=1S/C12H23NO/c1-8-4-6-11(7-5-8)12(14)9(2)10(3)13/h8-11H,4-7,13H2,1-3H3. The monoisotopic (exact) mass is 197 g/mol. The summed E-state index contributed by atoms with van der Waals surface area (Å²) in [5, 5.41) is 0. The number of hydrogen-bond acceptors (Lipinski definition) is 2. The van der Waals surface area contributed by atoms with Gasteiger partial charge < -0.3 is 5.73 Å². The molecule has 0 aromatic carbocycles. The second kappa shape index (κ2) is 4.92. The Bertz CT molecular complexity index is 192. The van der Waals surface area contributed by atoms with E-state index in [0.29, 0.717) is 11.7 Å². The van der Waals surface area contributed by atoms with Gasteiger partial charge in [0.1, 0.15) is 5.78 Å². The summed E-state index contributed by atoms with van der Waals surface area (Å²) >= 11 is 0. The summed E-state index contributed by atoms with van der Waals surface area (Å²) in [5.74, 6) is 1.54. The lowest BCUT2D eigenvalue weighted by Crippen LogP contribution is -2.35. The first kappa shape index (κ1) is 11.7. The van der Waals surface area contributed by atoms with Gasteiger partial charge in [0, 0.05) is 17.9 Å². The van der Waals surface area contributed by atoms with Crippen LogP contribution in [0.2, 0.25) is 0 Å². The van der Waals surface area contributed by atoms with Gasteiger partial charge in [0.2, 0.25) is 0 Å². The Balaban J connectivity index is 2.45. The SMILES string of the molecule is CC1CCC(C(=O)C(C)C(C)N)CC1. The number of Topliss-reactive ketones (excluding diaryl/α,β-unsaturated/α-hetero) is 1. The van der Waals surface area contributed by atoms with Crippen molar-refractivity contribution >= 4 is 5.78 Å².